The minimum absolute atomic E-state index is 0.483. The van der Waals surface area contributed by atoms with Crippen LogP contribution < -0.4 is 5.32 Å². The summed E-state index contributed by atoms with van der Waals surface area (Å²) >= 11 is 0. The Balaban J connectivity index is 2.06. The van der Waals surface area contributed by atoms with Crippen LogP contribution >= 0.6 is 0 Å². The summed E-state index contributed by atoms with van der Waals surface area (Å²) in [6.07, 6.45) is 8.41. The minimum atomic E-state index is 0.483. The van der Waals surface area contributed by atoms with Crippen molar-refractivity contribution in [3.8, 4) is 0 Å². The van der Waals surface area contributed by atoms with Crippen molar-refractivity contribution in [3.05, 3.63) is 29.6 Å². The first-order valence-electron chi connectivity index (χ1n) is 4.97. The molecule has 0 aromatic carbocycles. The second-order valence-corrected chi connectivity index (χ2v) is 3.75. The molecule has 0 saturated carbocycles. The molecule has 0 unspecified atom stereocenters. The maximum absolute atomic E-state index is 4.39. The molecule has 14 heavy (non-hydrogen) atoms. The fraction of sp³-hybridized carbons (Fsp3) is 0.455. The van der Waals surface area contributed by atoms with Crippen LogP contribution in [0, 0.1) is 13.8 Å². The molecule has 1 aliphatic rings. The highest BCUT2D eigenvalue weighted by atomic mass is 15.1. The second-order valence-electron chi connectivity index (χ2n) is 3.75. The Morgan fingerprint density at radius 1 is 1.29 bits per heavy atom. The topological polar surface area (TPSA) is 37.8 Å². The minimum Gasteiger partial charge on any atom is -0.351 e. The van der Waals surface area contributed by atoms with Crippen LogP contribution in [0.1, 0.15) is 24.1 Å². The van der Waals surface area contributed by atoms with E-state index in [9.17, 15) is 0 Å². The van der Waals surface area contributed by atoms with E-state index in [-0.39, 0.29) is 0 Å². The molecule has 0 radical (unpaired) electrons. The van der Waals surface area contributed by atoms with Crippen molar-refractivity contribution in [1.82, 2.24) is 9.97 Å². The van der Waals surface area contributed by atoms with Crippen LogP contribution in [0.25, 0.3) is 0 Å². The van der Waals surface area contributed by atoms with Crippen molar-refractivity contribution >= 4 is 5.95 Å². The van der Waals surface area contributed by atoms with Gasteiger partial charge in [-0.1, -0.05) is 12.2 Å². The maximum atomic E-state index is 4.39. The van der Waals surface area contributed by atoms with E-state index in [4.69, 9.17) is 0 Å². The Labute approximate surface area is 84.3 Å². The van der Waals surface area contributed by atoms with Gasteiger partial charge in [-0.3, -0.25) is 0 Å². The highest BCUT2D eigenvalue weighted by Crippen LogP contribution is 2.14. The molecule has 1 heterocycles. The first-order valence-corrected chi connectivity index (χ1v) is 4.97. The first kappa shape index (κ1) is 9.19. The van der Waals surface area contributed by atoms with E-state index in [1.165, 1.54) is 0 Å². The van der Waals surface area contributed by atoms with Crippen LogP contribution in [0.3, 0.4) is 0 Å². The highest BCUT2D eigenvalue weighted by molar-refractivity contribution is 5.30. The van der Waals surface area contributed by atoms with Gasteiger partial charge in [-0.25, -0.2) is 9.97 Å². The van der Waals surface area contributed by atoms with Crippen LogP contribution in [0.5, 0.6) is 0 Å². The summed E-state index contributed by atoms with van der Waals surface area (Å²) < 4.78 is 0. The number of hydrogen-bond acceptors (Lipinski definition) is 3. The Hall–Kier alpha value is -1.38. The van der Waals surface area contributed by atoms with Gasteiger partial charge in [-0.05, 0) is 32.3 Å². The summed E-state index contributed by atoms with van der Waals surface area (Å²) in [4.78, 5) is 8.64. The molecule has 0 fully saturated rings. The molecular weight excluding hydrogens is 174 g/mol. The number of anilines is 1. The molecule has 74 valence electrons. The van der Waals surface area contributed by atoms with E-state index < -0.39 is 0 Å². The zero-order chi connectivity index (χ0) is 9.97. The lowest BCUT2D eigenvalue weighted by molar-refractivity contribution is 0.771. The summed E-state index contributed by atoms with van der Waals surface area (Å²) in [5, 5.41) is 3.32. The predicted molar refractivity (Wildman–Crippen MR) is 57.3 cm³/mol. The Morgan fingerprint density at radius 2 is 2.00 bits per heavy atom. The number of aryl methyl sites for hydroxylation is 2. The largest absolute Gasteiger partial charge is 0.351 e. The molecule has 1 aromatic heterocycles. The average Bonchev–Trinajstić information content (AvgIpc) is 2.64. The molecule has 0 atom stereocenters. The zero-order valence-electron chi connectivity index (χ0n) is 8.62. The molecule has 3 nitrogen and oxygen atoms in total. The van der Waals surface area contributed by atoms with Crippen molar-refractivity contribution in [2.45, 2.75) is 32.7 Å². The van der Waals surface area contributed by atoms with Gasteiger partial charge in [-0.15, -0.1) is 0 Å². The van der Waals surface area contributed by atoms with Crippen LogP contribution in [0.2, 0.25) is 0 Å². The lowest BCUT2D eigenvalue weighted by atomic mass is 10.2. The molecule has 3 heteroatoms. The van der Waals surface area contributed by atoms with E-state index in [0.717, 1.165) is 30.0 Å². The summed E-state index contributed by atoms with van der Waals surface area (Å²) in [5.74, 6) is 0.752. The van der Waals surface area contributed by atoms with Crippen LogP contribution in [-0.2, 0) is 0 Å². The molecule has 0 saturated heterocycles. The molecule has 2 rings (SSSR count). The third-order valence-electron chi connectivity index (χ3n) is 2.57. The smallest absolute Gasteiger partial charge is 0.223 e. The number of nitrogens with one attached hydrogen (secondary N) is 1. The van der Waals surface area contributed by atoms with Crippen molar-refractivity contribution in [2.75, 3.05) is 5.32 Å². The number of rotatable bonds is 2. The van der Waals surface area contributed by atoms with Gasteiger partial charge in [0.05, 0.1) is 0 Å². The Morgan fingerprint density at radius 3 is 2.64 bits per heavy atom. The Bertz CT molecular complexity index is 350. The van der Waals surface area contributed by atoms with Gasteiger partial charge in [0.1, 0.15) is 0 Å². The fourth-order valence-electron chi connectivity index (χ4n) is 1.51. The van der Waals surface area contributed by atoms with Gasteiger partial charge in [0.25, 0.3) is 0 Å². The monoisotopic (exact) mass is 189 g/mol. The van der Waals surface area contributed by atoms with Crippen molar-refractivity contribution in [1.29, 1.82) is 0 Å². The van der Waals surface area contributed by atoms with Crippen LogP contribution in [0.4, 0.5) is 5.95 Å². The SMILES string of the molecule is Cc1cnc(NC2CC=CC2)nc1C. The van der Waals surface area contributed by atoms with Gasteiger partial charge in [0.2, 0.25) is 5.95 Å². The molecule has 0 amide bonds. The van der Waals surface area contributed by atoms with E-state index in [1.54, 1.807) is 0 Å². The van der Waals surface area contributed by atoms with Gasteiger partial charge < -0.3 is 5.32 Å². The number of aromatic nitrogens is 2. The van der Waals surface area contributed by atoms with Gasteiger partial charge in [-0.2, -0.15) is 0 Å². The first-order chi connectivity index (χ1) is 6.75. The lowest BCUT2D eigenvalue weighted by Gasteiger charge is -2.12. The second kappa shape index (κ2) is 3.78. The highest BCUT2D eigenvalue weighted by Gasteiger charge is 2.10. The Kier molecular flexibility index (Phi) is 2.48. The molecule has 0 spiro atoms. The summed E-state index contributed by atoms with van der Waals surface area (Å²) in [5.41, 5.74) is 2.19. The van der Waals surface area contributed by atoms with Gasteiger partial charge >= 0.3 is 0 Å². The normalized spacial score (nSPS) is 16.1. The predicted octanol–water partition coefficient (Wildman–Crippen LogP) is 2.22. The lowest BCUT2D eigenvalue weighted by Crippen LogP contribution is -2.17. The third kappa shape index (κ3) is 1.92. The standard InChI is InChI=1S/C11H15N3/c1-8-7-12-11(13-9(8)2)14-10-5-3-4-6-10/h3-4,7,10H,5-6H2,1-2H3,(H,12,13,14). The molecule has 0 aliphatic heterocycles. The van der Waals surface area contributed by atoms with Crippen molar-refractivity contribution in [3.63, 3.8) is 0 Å². The van der Waals surface area contributed by atoms with Crippen molar-refractivity contribution in [2.24, 2.45) is 0 Å². The maximum Gasteiger partial charge on any atom is 0.223 e. The van der Waals surface area contributed by atoms with Crippen LogP contribution in [-0.4, -0.2) is 16.0 Å². The van der Waals surface area contributed by atoms with E-state index in [1.807, 2.05) is 20.0 Å². The number of hydrogen-bond donors (Lipinski definition) is 1. The van der Waals surface area contributed by atoms with Gasteiger partial charge in [0, 0.05) is 17.9 Å². The molecule has 1 N–H and O–H groups in total. The quantitative estimate of drug-likeness (QED) is 0.725. The summed E-state index contributed by atoms with van der Waals surface area (Å²) in [6.45, 7) is 4.03. The van der Waals surface area contributed by atoms with Gasteiger partial charge in [0.15, 0.2) is 0 Å². The summed E-state index contributed by atoms with van der Waals surface area (Å²) in [7, 11) is 0. The van der Waals surface area contributed by atoms with Crippen molar-refractivity contribution < 1.29 is 0 Å². The molecule has 0 bridgehead atoms. The summed E-state index contributed by atoms with van der Waals surface area (Å²) in [6, 6.07) is 0.483. The molecule has 1 aliphatic carbocycles. The fourth-order valence-corrected chi connectivity index (χ4v) is 1.51. The average molecular weight is 189 g/mol. The van der Waals surface area contributed by atoms with E-state index >= 15 is 0 Å². The molecular formula is C11H15N3. The van der Waals surface area contributed by atoms with E-state index in [0.29, 0.717) is 6.04 Å². The zero-order valence-corrected chi connectivity index (χ0v) is 8.62. The number of nitrogens with zero attached hydrogens (tertiary/aromatic N) is 2. The third-order valence-corrected chi connectivity index (χ3v) is 2.57. The molecule has 1 aromatic rings. The van der Waals surface area contributed by atoms with E-state index in [2.05, 4.69) is 27.4 Å². The van der Waals surface area contributed by atoms with Crippen LogP contribution in [0.15, 0.2) is 18.3 Å².